The maximum absolute atomic E-state index is 11.4. The Morgan fingerprint density at radius 2 is 2.39 bits per heavy atom. The third-order valence-electron chi connectivity index (χ3n) is 3.30. The van der Waals surface area contributed by atoms with E-state index in [-0.39, 0.29) is 11.8 Å². The van der Waals surface area contributed by atoms with Crippen LogP contribution in [-0.2, 0) is 9.47 Å². The summed E-state index contributed by atoms with van der Waals surface area (Å²) in [6, 6.07) is 3.54. The van der Waals surface area contributed by atoms with Gasteiger partial charge in [-0.2, -0.15) is 0 Å². The van der Waals surface area contributed by atoms with Gasteiger partial charge in [0.2, 0.25) is 5.76 Å². The van der Waals surface area contributed by atoms with E-state index in [9.17, 15) is 4.79 Å². The van der Waals surface area contributed by atoms with Crippen LogP contribution in [0.3, 0.4) is 0 Å². The SMILES string of the molecule is CNC(c1ccc(C(=O)OC)o1)C1CCCOC1. The number of methoxy groups -OCH3 is 1. The van der Waals surface area contributed by atoms with Gasteiger partial charge in [0.15, 0.2) is 0 Å². The van der Waals surface area contributed by atoms with Gasteiger partial charge in [-0.25, -0.2) is 4.79 Å². The average Bonchev–Trinajstić information content (AvgIpc) is 2.89. The van der Waals surface area contributed by atoms with Crippen LogP contribution in [0.1, 0.15) is 35.2 Å². The van der Waals surface area contributed by atoms with E-state index in [2.05, 4.69) is 10.1 Å². The summed E-state index contributed by atoms with van der Waals surface area (Å²) in [4.78, 5) is 11.4. The van der Waals surface area contributed by atoms with Crippen LogP contribution in [0.15, 0.2) is 16.5 Å². The molecule has 0 aliphatic carbocycles. The molecule has 1 saturated heterocycles. The van der Waals surface area contributed by atoms with Gasteiger partial charge in [-0.05, 0) is 32.0 Å². The van der Waals surface area contributed by atoms with Crippen molar-refractivity contribution in [2.75, 3.05) is 27.4 Å². The van der Waals surface area contributed by atoms with E-state index < -0.39 is 5.97 Å². The molecule has 1 fully saturated rings. The molecule has 2 unspecified atom stereocenters. The molecule has 0 saturated carbocycles. The van der Waals surface area contributed by atoms with Crippen LogP contribution in [0.4, 0.5) is 0 Å². The van der Waals surface area contributed by atoms with Gasteiger partial charge in [-0.15, -0.1) is 0 Å². The Morgan fingerprint density at radius 1 is 1.56 bits per heavy atom. The number of rotatable bonds is 4. The predicted octanol–water partition coefficient (Wildman–Crippen LogP) is 1.75. The number of esters is 1. The Bertz CT molecular complexity index is 395. The minimum Gasteiger partial charge on any atom is -0.463 e. The zero-order valence-electron chi connectivity index (χ0n) is 10.8. The molecule has 0 amide bonds. The molecule has 2 rings (SSSR count). The highest BCUT2D eigenvalue weighted by molar-refractivity contribution is 5.86. The summed E-state index contributed by atoms with van der Waals surface area (Å²) in [7, 11) is 3.23. The molecule has 5 heteroatoms. The number of ether oxygens (including phenoxy) is 2. The second-order valence-electron chi connectivity index (χ2n) is 4.44. The van der Waals surface area contributed by atoms with Gasteiger partial charge >= 0.3 is 5.97 Å². The van der Waals surface area contributed by atoms with Crippen LogP contribution in [0.5, 0.6) is 0 Å². The summed E-state index contributed by atoms with van der Waals surface area (Å²) in [6.45, 7) is 1.55. The molecule has 0 radical (unpaired) electrons. The van der Waals surface area contributed by atoms with Crippen LogP contribution >= 0.6 is 0 Å². The van der Waals surface area contributed by atoms with Gasteiger partial charge in [0.25, 0.3) is 0 Å². The van der Waals surface area contributed by atoms with Crippen molar-refractivity contribution in [2.24, 2.45) is 5.92 Å². The molecule has 18 heavy (non-hydrogen) atoms. The summed E-state index contributed by atoms with van der Waals surface area (Å²) in [5.41, 5.74) is 0. The molecule has 1 aromatic heterocycles. The van der Waals surface area contributed by atoms with Crippen molar-refractivity contribution >= 4 is 5.97 Å². The van der Waals surface area contributed by atoms with E-state index in [1.54, 1.807) is 6.07 Å². The van der Waals surface area contributed by atoms with Crippen LogP contribution in [0.2, 0.25) is 0 Å². The molecule has 1 aliphatic heterocycles. The smallest absolute Gasteiger partial charge is 0.373 e. The number of hydrogen-bond donors (Lipinski definition) is 1. The molecule has 0 aromatic carbocycles. The first-order valence-corrected chi connectivity index (χ1v) is 6.19. The number of furan rings is 1. The number of hydrogen-bond acceptors (Lipinski definition) is 5. The second-order valence-corrected chi connectivity index (χ2v) is 4.44. The molecule has 2 heterocycles. The maximum atomic E-state index is 11.4. The Kier molecular flexibility index (Phi) is 4.38. The highest BCUT2D eigenvalue weighted by atomic mass is 16.5. The Hall–Kier alpha value is -1.33. The fourth-order valence-corrected chi connectivity index (χ4v) is 2.37. The van der Waals surface area contributed by atoms with Crippen molar-refractivity contribution in [3.63, 3.8) is 0 Å². The number of carbonyl (C=O) groups excluding carboxylic acids is 1. The zero-order chi connectivity index (χ0) is 13.0. The van der Waals surface area contributed by atoms with E-state index >= 15 is 0 Å². The van der Waals surface area contributed by atoms with Crippen molar-refractivity contribution in [3.05, 3.63) is 23.7 Å². The largest absolute Gasteiger partial charge is 0.463 e. The summed E-state index contributed by atoms with van der Waals surface area (Å²) < 4.78 is 15.7. The standard InChI is InChI=1S/C13H19NO4/c1-14-12(9-4-3-7-17-8-9)10-5-6-11(18-10)13(15)16-2/h5-6,9,12,14H,3-4,7-8H2,1-2H3. The van der Waals surface area contributed by atoms with Crippen molar-refractivity contribution < 1.29 is 18.7 Å². The fourth-order valence-electron chi connectivity index (χ4n) is 2.37. The maximum Gasteiger partial charge on any atom is 0.373 e. The molecule has 0 bridgehead atoms. The first-order valence-electron chi connectivity index (χ1n) is 6.19. The van der Waals surface area contributed by atoms with E-state index in [0.29, 0.717) is 5.92 Å². The third kappa shape index (κ3) is 2.73. The predicted molar refractivity (Wildman–Crippen MR) is 65.4 cm³/mol. The van der Waals surface area contributed by atoms with E-state index in [1.165, 1.54) is 7.11 Å². The second kappa shape index (κ2) is 6.02. The minimum atomic E-state index is -0.448. The van der Waals surface area contributed by atoms with Gasteiger partial charge in [0.05, 0.1) is 19.8 Å². The number of carbonyl (C=O) groups is 1. The highest BCUT2D eigenvalue weighted by Crippen LogP contribution is 2.29. The van der Waals surface area contributed by atoms with Crippen LogP contribution in [-0.4, -0.2) is 33.3 Å². The quantitative estimate of drug-likeness (QED) is 0.828. The summed E-state index contributed by atoms with van der Waals surface area (Å²) in [5.74, 6) is 0.925. The molecule has 1 aliphatic rings. The Balaban J connectivity index is 2.11. The molecule has 100 valence electrons. The van der Waals surface area contributed by atoms with E-state index in [4.69, 9.17) is 9.15 Å². The Morgan fingerprint density at radius 3 is 3.00 bits per heavy atom. The monoisotopic (exact) mass is 253 g/mol. The van der Waals surface area contributed by atoms with Gasteiger partial charge in [-0.1, -0.05) is 0 Å². The molecule has 1 N–H and O–H groups in total. The van der Waals surface area contributed by atoms with Crippen molar-refractivity contribution in [3.8, 4) is 0 Å². The molecule has 5 nitrogen and oxygen atoms in total. The normalized spacial score (nSPS) is 21.6. The topological polar surface area (TPSA) is 60.7 Å². The molecular formula is C13H19NO4. The molecule has 1 aromatic rings. The van der Waals surface area contributed by atoms with Gasteiger partial charge in [-0.3, -0.25) is 0 Å². The van der Waals surface area contributed by atoms with Crippen molar-refractivity contribution in [1.82, 2.24) is 5.32 Å². The summed E-state index contributed by atoms with van der Waals surface area (Å²) in [6.07, 6.45) is 2.16. The third-order valence-corrected chi connectivity index (χ3v) is 3.30. The first kappa shape index (κ1) is 13.1. The fraction of sp³-hybridized carbons (Fsp3) is 0.615. The van der Waals surface area contributed by atoms with E-state index in [0.717, 1.165) is 31.8 Å². The van der Waals surface area contributed by atoms with Crippen LogP contribution < -0.4 is 5.32 Å². The zero-order valence-corrected chi connectivity index (χ0v) is 10.8. The lowest BCUT2D eigenvalue weighted by molar-refractivity contribution is 0.0360. The van der Waals surface area contributed by atoms with Crippen molar-refractivity contribution in [2.45, 2.75) is 18.9 Å². The molecule has 2 atom stereocenters. The van der Waals surface area contributed by atoms with Crippen LogP contribution in [0, 0.1) is 5.92 Å². The van der Waals surface area contributed by atoms with Gasteiger partial charge < -0.3 is 19.2 Å². The Labute approximate surface area is 106 Å². The van der Waals surface area contributed by atoms with Crippen LogP contribution in [0.25, 0.3) is 0 Å². The summed E-state index contributed by atoms with van der Waals surface area (Å²) >= 11 is 0. The van der Waals surface area contributed by atoms with Gasteiger partial charge in [0.1, 0.15) is 5.76 Å². The number of nitrogens with one attached hydrogen (secondary N) is 1. The highest BCUT2D eigenvalue weighted by Gasteiger charge is 2.27. The lowest BCUT2D eigenvalue weighted by atomic mass is 9.92. The van der Waals surface area contributed by atoms with Crippen molar-refractivity contribution in [1.29, 1.82) is 0 Å². The molecular weight excluding hydrogens is 234 g/mol. The lowest BCUT2D eigenvalue weighted by Crippen LogP contribution is -2.31. The molecule has 0 spiro atoms. The average molecular weight is 253 g/mol. The minimum absolute atomic E-state index is 0.0729. The summed E-state index contributed by atoms with van der Waals surface area (Å²) in [5, 5.41) is 3.23. The van der Waals surface area contributed by atoms with E-state index in [1.807, 2.05) is 13.1 Å². The first-order chi connectivity index (χ1) is 8.76. The lowest BCUT2D eigenvalue weighted by Gasteiger charge is -2.28. The van der Waals surface area contributed by atoms with Gasteiger partial charge in [0, 0.05) is 12.5 Å².